The lowest BCUT2D eigenvalue weighted by molar-refractivity contribution is 0.553. The summed E-state index contributed by atoms with van der Waals surface area (Å²) in [5.41, 5.74) is 8.31. The summed E-state index contributed by atoms with van der Waals surface area (Å²) in [5.74, 6) is 0. The molecule has 1 aromatic rings. The van der Waals surface area contributed by atoms with Crippen LogP contribution in [0.3, 0.4) is 0 Å². The minimum atomic E-state index is 0.154. The van der Waals surface area contributed by atoms with Gasteiger partial charge in [-0.05, 0) is 46.8 Å². The van der Waals surface area contributed by atoms with Crippen molar-refractivity contribution in [1.82, 2.24) is 4.98 Å². The molecule has 0 radical (unpaired) electrons. The highest BCUT2D eigenvalue weighted by Crippen LogP contribution is 2.27. The van der Waals surface area contributed by atoms with Gasteiger partial charge in [0.2, 0.25) is 0 Å². The van der Waals surface area contributed by atoms with Gasteiger partial charge in [-0.25, -0.2) is 0 Å². The summed E-state index contributed by atoms with van der Waals surface area (Å²) >= 11 is 3.41. The largest absolute Gasteiger partial charge is 0.323 e. The second-order valence-corrected chi connectivity index (χ2v) is 4.11. The van der Waals surface area contributed by atoms with Crippen molar-refractivity contribution < 1.29 is 0 Å². The van der Waals surface area contributed by atoms with Crippen molar-refractivity contribution in [2.75, 3.05) is 0 Å². The molecule has 1 aromatic heterocycles. The van der Waals surface area contributed by atoms with E-state index in [1.165, 1.54) is 12.0 Å². The zero-order chi connectivity index (χ0) is 8.55. The molecule has 0 saturated heterocycles. The van der Waals surface area contributed by atoms with E-state index in [-0.39, 0.29) is 6.04 Å². The summed E-state index contributed by atoms with van der Waals surface area (Å²) in [6, 6.07) is 2.28. The zero-order valence-corrected chi connectivity index (χ0v) is 8.34. The van der Waals surface area contributed by atoms with Crippen molar-refractivity contribution in [3.05, 3.63) is 28.0 Å². The van der Waals surface area contributed by atoms with E-state index < -0.39 is 0 Å². The first-order valence-corrected chi connectivity index (χ1v) is 4.96. The van der Waals surface area contributed by atoms with Gasteiger partial charge in [0.25, 0.3) is 0 Å². The Balaban J connectivity index is 2.46. The Bertz CT molecular complexity index is 299. The van der Waals surface area contributed by atoms with Crippen molar-refractivity contribution in [3.8, 4) is 0 Å². The highest BCUT2D eigenvalue weighted by Gasteiger charge is 2.17. The van der Waals surface area contributed by atoms with Gasteiger partial charge in [0, 0.05) is 16.7 Å². The summed E-state index contributed by atoms with van der Waals surface area (Å²) in [7, 11) is 0. The number of halogens is 1. The zero-order valence-electron chi connectivity index (χ0n) is 6.76. The molecule has 0 aromatic carbocycles. The molecule has 0 bridgehead atoms. The second-order valence-electron chi connectivity index (χ2n) is 3.20. The standard InChI is InChI=1S/C9H11BrN2/c10-7-4-6-2-1-3-8(11)9(6)12-5-7/h4-5,8H,1-3,11H2/t8-/m1/s1. The van der Waals surface area contributed by atoms with Crippen LogP contribution in [0.1, 0.15) is 30.1 Å². The number of rotatable bonds is 0. The van der Waals surface area contributed by atoms with Crippen molar-refractivity contribution in [1.29, 1.82) is 0 Å². The lowest BCUT2D eigenvalue weighted by Gasteiger charge is -2.20. The van der Waals surface area contributed by atoms with E-state index in [1.807, 2.05) is 6.20 Å². The van der Waals surface area contributed by atoms with Gasteiger partial charge in [-0.1, -0.05) is 0 Å². The highest BCUT2D eigenvalue weighted by atomic mass is 79.9. The monoisotopic (exact) mass is 226 g/mol. The van der Waals surface area contributed by atoms with E-state index in [1.54, 1.807) is 0 Å². The predicted octanol–water partition coefficient (Wildman–Crippen LogP) is 2.18. The van der Waals surface area contributed by atoms with Gasteiger partial charge >= 0.3 is 0 Å². The molecule has 2 nitrogen and oxygen atoms in total. The van der Waals surface area contributed by atoms with Gasteiger partial charge in [-0.2, -0.15) is 0 Å². The molecule has 0 aliphatic heterocycles. The third kappa shape index (κ3) is 1.39. The Morgan fingerprint density at radius 1 is 1.58 bits per heavy atom. The fourth-order valence-corrected chi connectivity index (χ4v) is 2.05. The summed E-state index contributed by atoms with van der Waals surface area (Å²) in [4.78, 5) is 4.33. The molecule has 64 valence electrons. The Hall–Kier alpha value is -0.410. The summed E-state index contributed by atoms with van der Waals surface area (Å²) in [6.45, 7) is 0. The van der Waals surface area contributed by atoms with Crippen LogP contribution in [0.15, 0.2) is 16.7 Å². The first kappa shape index (κ1) is 8.20. The van der Waals surface area contributed by atoms with E-state index in [0.29, 0.717) is 0 Å². The molecule has 1 aliphatic carbocycles. The van der Waals surface area contributed by atoms with Crippen molar-refractivity contribution in [2.45, 2.75) is 25.3 Å². The minimum Gasteiger partial charge on any atom is -0.323 e. The Labute approximate surface area is 80.3 Å². The van der Waals surface area contributed by atoms with Crippen molar-refractivity contribution in [2.24, 2.45) is 5.73 Å². The van der Waals surface area contributed by atoms with Crippen LogP contribution >= 0.6 is 15.9 Å². The summed E-state index contributed by atoms with van der Waals surface area (Å²) < 4.78 is 1.05. The molecule has 1 aliphatic rings. The summed E-state index contributed by atoms with van der Waals surface area (Å²) in [5, 5.41) is 0. The minimum absolute atomic E-state index is 0.154. The molecule has 0 fully saturated rings. The van der Waals surface area contributed by atoms with Crippen LogP contribution in [-0.2, 0) is 6.42 Å². The van der Waals surface area contributed by atoms with Crippen LogP contribution in [0.5, 0.6) is 0 Å². The van der Waals surface area contributed by atoms with Gasteiger partial charge in [-0.15, -0.1) is 0 Å². The number of nitrogens with two attached hydrogens (primary N) is 1. The first-order valence-electron chi connectivity index (χ1n) is 4.17. The van der Waals surface area contributed by atoms with Crippen LogP contribution < -0.4 is 5.73 Å². The Kier molecular flexibility index (Phi) is 2.15. The normalized spacial score (nSPS) is 22.0. The smallest absolute Gasteiger partial charge is 0.0603 e. The maximum absolute atomic E-state index is 5.92. The van der Waals surface area contributed by atoms with Gasteiger partial charge in [0.05, 0.1) is 5.69 Å². The molecular weight excluding hydrogens is 216 g/mol. The van der Waals surface area contributed by atoms with Crippen molar-refractivity contribution >= 4 is 15.9 Å². The fourth-order valence-electron chi connectivity index (χ4n) is 1.68. The van der Waals surface area contributed by atoms with E-state index in [4.69, 9.17) is 5.73 Å². The average Bonchev–Trinajstić information content (AvgIpc) is 2.04. The van der Waals surface area contributed by atoms with Crippen LogP contribution in [-0.4, -0.2) is 4.98 Å². The lowest BCUT2D eigenvalue weighted by atomic mass is 9.93. The molecule has 2 rings (SSSR count). The first-order chi connectivity index (χ1) is 5.77. The molecule has 0 saturated carbocycles. The van der Waals surface area contributed by atoms with Crippen molar-refractivity contribution in [3.63, 3.8) is 0 Å². The van der Waals surface area contributed by atoms with E-state index in [2.05, 4.69) is 27.0 Å². The quantitative estimate of drug-likeness (QED) is 0.737. The molecule has 2 N–H and O–H groups in total. The number of pyridine rings is 1. The Morgan fingerprint density at radius 3 is 3.25 bits per heavy atom. The maximum Gasteiger partial charge on any atom is 0.0603 e. The van der Waals surface area contributed by atoms with Crippen LogP contribution in [0.25, 0.3) is 0 Å². The molecular formula is C9H11BrN2. The molecule has 1 heterocycles. The van der Waals surface area contributed by atoms with Crippen LogP contribution in [0, 0.1) is 0 Å². The van der Waals surface area contributed by atoms with Gasteiger partial charge < -0.3 is 5.73 Å². The van der Waals surface area contributed by atoms with Gasteiger partial charge in [0.15, 0.2) is 0 Å². The third-order valence-electron chi connectivity index (χ3n) is 2.28. The van der Waals surface area contributed by atoms with Crippen LogP contribution in [0.2, 0.25) is 0 Å². The van der Waals surface area contributed by atoms with Crippen LogP contribution in [0.4, 0.5) is 0 Å². The van der Waals surface area contributed by atoms with Gasteiger partial charge in [0.1, 0.15) is 0 Å². The topological polar surface area (TPSA) is 38.9 Å². The molecule has 1 atom stereocenters. The SMILES string of the molecule is N[C@@H]1CCCc2cc(Br)cnc21. The molecule has 12 heavy (non-hydrogen) atoms. The molecule has 0 amide bonds. The van der Waals surface area contributed by atoms with E-state index >= 15 is 0 Å². The number of hydrogen-bond donors (Lipinski definition) is 1. The molecule has 3 heteroatoms. The molecule has 0 spiro atoms. The van der Waals surface area contributed by atoms with Gasteiger partial charge in [-0.3, -0.25) is 4.98 Å². The van der Waals surface area contributed by atoms with E-state index in [9.17, 15) is 0 Å². The fraction of sp³-hybridized carbons (Fsp3) is 0.444. The number of fused-ring (bicyclic) bond motifs is 1. The van der Waals surface area contributed by atoms with E-state index in [0.717, 1.165) is 23.0 Å². The summed E-state index contributed by atoms with van der Waals surface area (Å²) in [6.07, 6.45) is 5.20. The average molecular weight is 227 g/mol. The second kappa shape index (κ2) is 3.15. The third-order valence-corrected chi connectivity index (χ3v) is 2.71. The number of nitrogens with zero attached hydrogens (tertiary/aromatic N) is 1. The predicted molar refractivity (Wildman–Crippen MR) is 51.8 cm³/mol. The highest BCUT2D eigenvalue weighted by molar-refractivity contribution is 9.10. The number of aromatic nitrogens is 1. The molecule has 0 unspecified atom stereocenters. The Morgan fingerprint density at radius 2 is 2.42 bits per heavy atom. The lowest BCUT2D eigenvalue weighted by Crippen LogP contribution is -2.18. The number of aryl methyl sites for hydroxylation is 1. The number of hydrogen-bond acceptors (Lipinski definition) is 2. The maximum atomic E-state index is 5.92.